The van der Waals surface area contributed by atoms with Crippen molar-refractivity contribution in [1.29, 1.82) is 0 Å². The van der Waals surface area contributed by atoms with E-state index in [1.165, 1.54) is 0 Å². The van der Waals surface area contributed by atoms with Crippen molar-refractivity contribution in [3.05, 3.63) is 35.1 Å². The van der Waals surface area contributed by atoms with Crippen molar-refractivity contribution in [2.45, 2.75) is 25.2 Å². The monoisotopic (exact) mass is 305 g/mol. The van der Waals surface area contributed by atoms with E-state index in [-0.39, 0.29) is 31.2 Å². The molecule has 8 heteroatoms. The molecule has 1 saturated heterocycles. The Morgan fingerprint density at radius 3 is 2.71 bits per heavy atom. The summed E-state index contributed by atoms with van der Waals surface area (Å²) in [5.41, 5.74) is -1.10. The molecule has 4 nitrogen and oxygen atoms in total. The van der Waals surface area contributed by atoms with E-state index in [9.17, 15) is 27.5 Å². The van der Waals surface area contributed by atoms with Crippen molar-refractivity contribution in [3.63, 3.8) is 0 Å². The average molecular weight is 305 g/mol. The zero-order chi connectivity index (χ0) is 15.6. The fraction of sp³-hybridized carbons (Fsp3) is 0.462. The smallest absolute Gasteiger partial charge is 0.416 e. The number of carbonyl (C=O) groups is 1. The molecular weight excluding hydrogens is 292 g/mol. The molecule has 1 fully saturated rings. The van der Waals surface area contributed by atoms with Crippen LogP contribution in [0.25, 0.3) is 0 Å². The molecule has 1 heterocycles. The predicted octanol–water partition coefficient (Wildman–Crippen LogP) is 1.35. The summed E-state index contributed by atoms with van der Waals surface area (Å²) in [6.07, 6.45) is -5.39. The molecule has 1 amide bonds. The second-order valence-electron chi connectivity index (χ2n) is 4.88. The second kappa shape index (κ2) is 5.88. The van der Waals surface area contributed by atoms with Gasteiger partial charge in [-0.15, -0.1) is 0 Å². The fourth-order valence-corrected chi connectivity index (χ4v) is 2.33. The number of amides is 1. The van der Waals surface area contributed by atoms with E-state index in [4.69, 9.17) is 0 Å². The molecule has 0 radical (unpaired) electrons. The van der Waals surface area contributed by atoms with Crippen molar-refractivity contribution in [1.82, 2.24) is 10.2 Å². The Balaban J connectivity index is 2.03. The lowest BCUT2D eigenvalue weighted by atomic mass is 10.1. The molecule has 1 aliphatic rings. The van der Waals surface area contributed by atoms with Crippen LogP contribution in [0.3, 0.4) is 0 Å². The maximum absolute atomic E-state index is 13.1. The maximum atomic E-state index is 13.1. The third-order valence-electron chi connectivity index (χ3n) is 3.40. The Bertz CT molecular complexity index is 533. The summed E-state index contributed by atoms with van der Waals surface area (Å²) in [4.78, 5) is 11.7. The first-order chi connectivity index (χ1) is 9.77. The number of likely N-dealkylation sites (tertiary alicyclic amines) is 1. The quantitative estimate of drug-likeness (QED) is 0.858. The summed E-state index contributed by atoms with van der Waals surface area (Å²) in [7, 11) is 0. The summed E-state index contributed by atoms with van der Waals surface area (Å²) in [5, 5.41) is 13.5. The first-order valence-corrected chi connectivity index (χ1v) is 6.32. The van der Waals surface area contributed by atoms with E-state index in [0.29, 0.717) is 12.5 Å². The molecule has 1 aromatic carbocycles. The third kappa shape index (κ3) is 3.84. The van der Waals surface area contributed by atoms with Gasteiger partial charge in [0.1, 0.15) is 11.9 Å². The van der Waals surface area contributed by atoms with Gasteiger partial charge in [-0.05, 0) is 30.2 Å². The first kappa shape index (κ1) is 15.6. The van der Waals surface area contributed by atoms with E-state index >= 15 is 0 Å². The summed E-state index contributed by atoms with van der Waals surface area (Å²) in [6, 6.07) is 2.03. The van der Waals surface area contributed by atoms with E-state index in [1.54, 1.807) is 0 Å². The van der Waals surface area contributed by atoms with Crippen LogP contribution >= 0.6 is 0 Å². The molecular formula is C13H13F4N2O2-. The highest BCUT2D eigenvalue weighted by Crippen LogP contribution is 2.32. The molecule has 0 bridgehead atoms. The molecule has 0 aliphatic carbocycles. The standard InChI is InChI=1S/C13H14F4N2O2/c14-9-1-2-11(13(15,16)17)8(5-9)6-18-10-3-4-19(7-10)12(20)21/h1-2,5,10,18H,3-4,6-7H2,(H,20,21)/p-1/t10-/m0/s1. The van der Waals surface area contributed by atoms with Crippen LogP contribution in [0, 0.1) is 5.82 Å². The van der Waals surface area contributed by atoms with E-state index in [1.807, 2.05) is 0 Å². The normalized spacial score (nSPS) is 19.0. The number of hydrogen-bond donors (Lipinski definition) is 1. The largest absolute Gasteiger partial charge is 0.530 e. The molecule has 1 N–H and O–H groups in total. The van der Waals surface area contributed by atoms with Crippen LogP contribution < -0.4 is 10.4 Å². The molecule has 0 saturated carbocycles. The van der Waals surface area contributed by atoms with Gasteiger partial charge in [0.05, 0.1) is 5.56 Å². The molecule has 21 heavy (non-hydrogen) atoms. The number of alkyl halides is 3. The molecule has 1 aromatic rings. The van der Waals surface area contributed by atoms with Gasteiger partial charge in [-0.3, -0.25) is 0 Å². The van der Waals surface area contributed by atoms with Crippen LogP contribution in [0.5, 0.6) is 0 Å². The number of rotatable bonds is 3. The van der Waals surface area contributed by atoms with Crippen molar-refractivity contribution in [2.24, 2.45) is 0 Å². The number of nitrogens with zero attached hydrogens (tertiary/aromatic N) is 1. The Morgan fingerprint density at radius 2 is 2.14 bits per heavy atom. The molecule has 1 aliphatic heterocycles. The van der Waals surface area contributed by atoms with Crippen LogP contribution in [0.15, 0.2) is 18.2 Å². The molecule has 0 aromatic heterocycles. The van der Waals surface area contributed by atoms with Crippen LogP contribution in [0.2, 0.25) is 0 Å². The lowest BCUT2D eigenvalue weighted by Gasteiger charge is -2.19. The highest BCUT2D eigenvalue weighted by molar-refractivity contribution is 5.62. The van der Waals surface area contributed by atoms with E-state index < -0.39 is 23.7 Å². The number of carboxylic acid groups (broad SMARTS) is 1. The molecule has 116 valence electrons. The van der Waals surface area contributed by atoms with Crippen LogP contribution in [-0.2, 0) is 12.7 Å². The molecule has 1 atom stereocenters. The van der Waals surface area contributed by atoms with Gasteiger partial charge in [0.15, 0.2) is 0 Å². The fourth-order valence-electron chi connectivity index (χ4n) is 2.33. The van der Waals surface area contributed by atoms with Gasteiger partial charge < -0.3 is 20.1 Å². The van der Waals surface area contributed by atoms with E-state index in [2.05, 4.69) is 5.32 Å². The first-order valence-electron chi connectivity index (χ1n) is 6.32. The molecule has 0 spiro atoms. The minimum Gasteiger partial charge on any atom is -0.530 e. The number of hydrogen-bond acceptors (Lipinski definition) is 3. The van der Waals surface area contributed by atoms with Gasteiger partial charge in [0.2, 0.25) is 0 Å². The number of nitrogens with one attached hydrogen (secondary N) is 1. The number of benzene rings is 1. The molecule has 2 rings (SSSR count). The van der Waals surface area contributed by atoms with Gasteiger partial charge in [-0.1, -0.05) is 0 Å². The topological polar surface area (TPSA) is 55.4 Å². The Kier molecular flexibility index (Phi) is 4.36. The SMILES string of the molecule is O=C([O-])N1CC[C@H](NCc2cc(F)ccc2C(F)(F)F)C1. The lowest BCUT2D eigenvalue weighted by Crippen LogP contribution is -2.41. The Morgan fingerprint density at radius 1 is 1.43 bits per heavy atom. The van der Waals surface area contributed by atoms with Gasteiger partial charge in [0.25, 0.3) is 0 Å². The second-order valence-corrected chi connectivity index (χ2v) is 4.88. The van der Waals surface area contributed by atoms with Gasteiger partial charge >= 0.3 is 6.18 Å². The predicted molar refractivity (Wildman–Crippen MR) is 63.6 cm³/mol. The summed E-state index contributed by atoms with van der Waals surface area (Å²) >= 11 is 0. The summed E-state index contributed by atoms with van der Waals surface area (Å²) < 4.78 is 51.5. The van der Waals surface area contributed by atoms with E-state index in [0.717, 1.165) is 17.0 Å². The zero-order valence-electron chi connectivity index (χ0n) is 10.9. The number of halogens is 4. The Hall–Kier alpha value is -1.83. The van der Waals surface area contributed by atoms with Gasteiger partial charge in [0, 0.05) is 25.7 Å². The van der Waals surface area contributed by atoms with Crippen molar-refractivity contribution >= 4 is 6.09 Å². The highest BCUT2D eigenvalue weighted by atomic mass is 19.4. The zero-order valence-corrected chi connectivity index (χ0v) is 10.9. The average Bonchev–Trinajstić information content (AvgIpc) is 2.83. The van der Waals surface area contributed by atoms with Gasteiger partial charge in [-0.2, -0.15) is 13.2 Å². The van der Waals surface area contributed by atoms with Crippen molar-refractivity contribution < 1.29 is 27.5 Å². The highest BCUT2D eigenvalue weighted by Gasteiger charge is 2.33. The van der Waals surface area contributed by atoms with Gasteiger partial charge in [-0.25, -0.2) is 4.39 Å². The minimum atomic E-state index is -4.56. The third-order valence-corrected chi connectivity index (χ3v) is 3.40. The summed E-state index contributed by atoms with van der Waals surface area (Å²) in [6.45, 7) is 0.242. The maximum Gasteiger partial charge on any atom is 0.416 e. The van der Waals surface area contributed by atoms with Crippen molar-refractivity contribution in [2.75, 3.05) is 13.1 Å². The molecule has 0 unspecified atom stereocenters. The number of carbonyl (C=O) groups excluding carboxylic acids is 1. The van der Waals surface area contributed by atoms with Crippen LogP contribution in [-0.4, -0.2) is 30.1 Å². The lowest BCUT2D eigenvalue weighted by molar-refractivity contribution is -0.264. The van der Waals surface area contributed by atoms with Crippen LogP contribution in [0.1, 0.15) is 17.5 Å². The van der Waals surface area contributed by atoms with Crippen molar-refractivity contribution in [3.8, 4) is 0 Å². The Labute approximate surface area is 118 Å². The summed E-state index contributed by atoms with van der Waals surface area (Å²) in [5.74, 6) is -0.748. The van der Waals surface area contributed by atoms with Crippen LogP contribution in [0.4, 0.5) is 22.4 Å². The minimum absolute atomic E-state index is 0.152.